The van der Waals surface area contributed by atoms with E-state index < -0.39 is 28.8 Å². The molecule has 1 saturated carbocycles. The summed E-state index contributed by atoms with van der Waals surface area (Å²) in [6.45, 7) is 0. The topological polar surface area (TPSA) is 84.9 Å². The summed E-state index contributed by atoms with van der Waals surface area (Å²) >= 11 is 0. The van der Waals surface area contributed by atoms with E-state index in [2.05, 4.69) is 12.1 Å². The molecule has 0 bridgehead atoms. The number of carbonyl (C=O) groups is 1. The van der Waals surface area contributed by atoms with Gasteiger partial charge in [-0.15, -0.1) is 0 Å². The largest absolute Gasteiger partial charge is 0.384 e. The summed E-state index contributed by atoms with van der Waals surface area (Å²) in [6, 6.07) is 41.4. The Morgan fingerprint density at radius 3 is 1.68 bits per heavy atom. The van der Waals surface area contributed by atoms with Crippen molar-refractivity contribution >= 4 is 5.78 Å². The zero-order valence-electron chi connectivity index (χ0n) is 20.2. The van der Waals surface area contributed by atoms with E-state index in [0.29, 0.717) is 16.7 Å². The maximum absolute atomic E-state index is 14.4. The van der Waals surface area contributed by atoms with Crippen molar-refractivity contribution in [3.8, 4) is 12.1 Å². The zero-order valence-corrected chi connectivity index (χ0v) is 20.2. The molecule has 1 N–H and O–H groups in total. The van der Waals surface area contributed by atoms with E-state index in [4.69, 9.17) is 0 Å². The van der Waals surface area contributed by atoms with E-state index in [1.54, 1.807) is 24.3 Å². The van der Waals surface area contributed by atoms with Crippen LogP contribution in [0.1, 0.15) is 45.3 Å². The molecule has 0 radical (unpaired) electrons. The Balaban J connectivity index is 1.85. The van der Waals surface area contributed by atoms with Crippen molar-refractivity contribution in [1.29, 1.82) is 10.5 Å². The van der Waals surface area contributed by atoms with Gasteiger partial charge in [-0.2, -0.15) is 10.5 Å². The average Bonchev–Trinajstić information content (AvgIpc) is 2.98. The Bertz CT molecular complexity index is 1440. The van der Waals surface area contributed by atoms with E-state index in [-0.39, 0.29) is 12.2 Å². The molecule has 37 heavy (non-hydrogen) atoms. The van der Waals surface area contributed by atoms with E-state index >= 15 is 0 Å². The highest BCUT2D eigenvalue weighted by atomic mass is 16.3. The molecule has 1 aliphatic rings. The van der Waals surface area contributed by atoms with E-state index in [9.17, 15) is 20.4 Å². The number of hydrogen-bond donors (Lipinski definition) is 1. The first-order valence-electron chi connectivity index (χ1n) is 12.3. The van der Waals surface area contributed by atoms with Crippen LogP contribution in [0.15, 0.2) is 121 Å². The van der Waals surface area contributed by atoms with Gasteiger partial charge >= 0.3 is 0 Å². The Morgan fingerprint density at radius 1 is 0.703 bits per heavy atom. The second kappa shape index (κ2) is 9.86. The van der Waals surface area contributed by atoms with Crippen LogP contribution in [0.3, 0.4) is 0 Å². The number of carbonyl (C=O) groups excluding carboxylic acids is 1. The molecule has 0 unspecified atom stereocenters. The fourth-order valence-electron chi connectivity index (χ4n) is 6.03. The summed E-state index contributed by atoms with van der Waals surface area (Å²) in [5.74, 6) is -2.89. The van der Waals surface area contributed by atoms with E-state index in [0.717, 1.165) is 5.56 Å². The molecule has 0 aliphatic heterocycles. The second-order valence-corrected chi connectivity index (χ2v) is 9.65. The van der Waals surface area contributed by atoms with Crippen LogP contribution in [0.4, 0.5) is 0 Å². The summed E-state index contributed by atoms with van der Waals surface area (Å²) in [4.78, 5) is 14.4. The van der Waals surface area contributed by atoms with Gasteiger partial charge in [0, 0.05) is 17.4 Å². The molecule has 4 atom stereocenters. The minimum Gasteiger partial charge on any atom is -0.384 e. The average molecular weight is 483 g/mol. The number of aliphatic hydroxyl groups is 1. The first-order valence-corrected chi connectivity index (χ1v) is 12.3. The van der Waals surface area contributed by atoms with Gasteiger partial charge in [0.1, 0.15) is 5.60 Å². The Morgan fingerprint density at radius 2 is 1.16 bits per heavy atom. The summed E-state index contributed by atoms with van der Waals surface area (Å²) in [7, 11) is 0. The molecule has 5 rings (SSSR count). The monoisotopic (exact) mass is 482 g/mol. The van der Waals surface area contributed by atoms with Crippen LogP contribution >= 0.6 is 0 Å². The van der Waals surface area contributed by atoms with Gasteiger partial charge in [0.05, 0.1) is 18.1 Å². The molecule has 0 spiro atoms. The van der Waals surface area contributed by atoms with E-state index in [1.165, 1.54) is 0 Å². The van der Waals surface area contributed by atoms with Crippen LogP contribution in [-0.4, -0.2) is 10.9 Å². The van der Waals surface area contributed by atoms with Crippen molar-refractivity contribution < 1.29 is 9.90 Å². The molecule has 1 fully saturated rings. The molecule has 4 nitrogen and oxygen atoms in total. The van der Waals surface area contributed by atoms with Crippen LogP contribution in [0.2, 0.25) is 0 Å². The number of nitriles is 2. The fraction of sp³-hybridized carbons (Fsp3) is 0.182. The van der Waals surface area contributed by atoms with Crippen LogP contribution < -0.4 is 0 Å². The number of nitrogens with zero attached hydrogens (tertiary/aromatic N) is 2. The molecule has 0 aromatic heterocycles. The number of Topliss-reactive ketones (excluding diaryl/α,β-unsaturated/α-hetero) is 1. The van der Waals surface area contributed by atoms with E-state index in [1.807, 2.05) is 97.1 Å². The van der Waals surface area contributed by atoms with Gasteiger partial charge in [-0.25, -0.2) is 0 Å². The molecule has 4 aromatic rings. The molecular formula is C33H26N2O2. The van der Waals surface area contributed by atoms with Gasteiger partial charge in [-0.1, -0.05) is 121 Å². The van der Waals surface area contributed by atoms with Crippen LogP contribution in [-0.2, 0) is 5.60 Å². The van der Waals surface area contributed by atoms with Gasteiger partial charge in [0.25, 0.3) is 0 Å². The number of benzene rings is 4. The zero-order chi connectivity index (χ0) is 25.9. The number of hydrogen-bond acceptors (Lipinski definition) is 4. The van der Waals surface area contributed by atoms with Crippen molar-refractivity contribution in [2.24, 2.45) is 11.3 Å². The molecule has 1 aliphatic carbocycles. The maximum Gasteiger partial charge on any atom is 0.169 e. The first kappa shape index (κ1) is 24.2. The highest BCUT2D eigenvalue weighted by Gasteiger charge is 2.64. The smallest absolute Gasteiger partial charge is 0.169 e. The Kier molecular flexibility index (Phi) is 6.45. The van der Waals surface area contributed by atoms with Crippen molar-refractivity contribution in [2.45, 2.75) is 23.9 Å². The summed E-state index contributed by atoms with van der Waals surface area (Å²) < 4.78 is 0. The van der Waals surface area contributed by atoms with Crippen molar-refractivity contribution in [3.63, 3.8) is 0 Å². The van der Waals surface area contributed by atoms with Gasteiger partial charge in [-0.05, 0) is 23.1 Å². The van der Waals surface area contributed by atoms with Crippen molar-refractivity contribution in [1.82, 2.24) is 0 Å². The highest BCUT2D eigenvalue weighted by molar-refractivity contribution is 5.99. The summed E-state index contributed by atoms with van der Waals surface area (Å²) in [6.07, 6.45) is 0.0503. The normalized spacial score (nSPS) is 24.4. The van der Waals surface area contributed by atoms with Gasteiger partial charge in [0.15, 0.2) is 11.2 Å². The van der Waals surface area contributed by atoms with Crippen molar-refractivity contribution in [3.05, 3.63) is 144 Å². The summed E-state index contributed by atoms with van der Waals surface area (Å²) in [5.41, 5.74) is -0.742. The molecule has 4 aromatic carbocycles. The molecule has 4 heteroatoms. The minimum absolute atomic E-state index is 0.0503. The molecule has 0 heterocycles. The number of rotatable bonds is 5. The predicted octanol–water partition coefficient (Wildman–Crippen LogP) is 6.38. The quantitative estimate of drug-likeness (QED) is 0.335. The number of ketones is 1. The Labute approximate surface area is 217 Å². The summed E-state index contributed by atoms with van der Waals surface area (Å²) in [5, 5.41) is 34.2. The minimum atomic E-state index is -1.63. The predicted molar refractivity (Wildman–Crippen MR) is 141 cm³/mol. The SMILES string of the molecule is N#CC1(C#N)[C@H](c2ccccc2)C[C@](O)(c2ccccc2)[C@@H](C(=O)c2ccccc2)[C@@H]1c1ccccc1. The molecule has 0 amide bonds. The third-order valence-corrected chi connectivity index (χ3v) is 7.75. The fourth-order valence-corrected chi connectivity index (χ4v) is 6.03. The molecule has 0 saturated heterocycles. The van der Waals surface area contributed by atoms with Gasteiger partial charge < -0.3 is 5.11 Å². The highest BCUT2D eigenvalue weighted by Crippen LogP contribution is 2.63. The van der Waals surface area contributed by atoms with Crippen LogP contribution in [0.25, 0.3) is 0 Å². The standard InChI is InChI=1S/C33H26N2O2/c34-22-32(23-35)28(24-13-5-1-6-14-24)21-33(37,27-19-11-4-12-20-27)30(29(32)25-15-7-2-8-16-25)31(36)26-17-9-3-10-18-26/h1-20,28-30,37H,21H2/t28-,29-,30+,33-/m0/s1. The first-order chi connectivity index (χ1) is 18.0. The Hall–Kier alpha value is -4.51. The third kappa shape index (κ3) is 4.02. The molecule has 180 valence electrons. The van der Waals surface area contributed by atoms with Crippen LogP contribution in [0.5, 0.6) is 0 Å². The van der Waals surface area contributed by atoms with Crippen LogP contribution in [0, 0.1) is 34.0 Å². The maximum atomic E-state index is 14.4. The lowest BCUT2D eigenvalue weighted by Crippen LogP contribution is -2.55. The lowest BCUT2D eigenvalue weighted by atomic mass is 9.48. The molecular weight excluding hydrogens is 456 g/mol. The second-order valence-electron chi connectivity index (χ2n) is 9.65. The van der Waals surface area contributed by atoms with Crippen molar-refractivity contribution in [2.75, 3.05) is 0 Å². The van der Waals surface area contributed by atoms with Gasteiger partial charge in [0.2, 0.25) is 0 Å². The lowest BCUT2D eigenvalue weighted by Gasteiger charge is -2.53. The third-order valence-electron chi connectivity index (χ3n) is 7.75. The van der Waals surface area contributed by atoms with Gasteiger partial charge in [-0.3, -0.25) is 4.79 Å². The lowest BCUT2D eigenvalue weighted by molar-refractivity contribution is -0.0783.